The van der Waals surface area contributed by atoms with Gasteiger partial charge in [0.25, 0.3) is 0 Å². The van der Waals surface area contributed by atoms with E-state index in [1.165, 1.54) is 11.3 Å². The summed E-state index contributed by atoms with van der Waals surface area (Å²) in [5, 5.41) is 3.44. The molecule has 0 saturated heterocycles. The predicted octanol–water partition coefficient (Wildman–Crippen LogP) is 3.37. The molecule has 0 spiro atoms. The van der Waals surface area contributed by atoms with Crippen LogP contribution in [0, 0.1) is 0 Å². The van der Waals surface area contributed by atoms with Crippen molar-refractivity contribution < 1.29 is 0 Å². The third-order valence-electron chi connectivity index (χ3n) is 1.76. The first-order chi connectivity index (χ1) is 6.24. The van der Waals surface area contributed by atoms with Gasteiger partial charge in [0.15, 0.2) is 0 Å². The van der Waals surface area contributed by atoms with Gasteiger partial charge in [-0.1, -0.05) is 18.2 Å². The molecule has 1 aromatic carbocycles. The molecular weight excluding hydrogens is 178 g/mol. The van der Waals surface area contributed by atoms with Crippen LogP contribution in [-0.4, -0.2) is 12.3 Å². The minimum Gasteiger partial charge on any atom is -0.383 e. The van der Waals surface area contributed by atoms with E-state index >= 15 is 0 Å². The minimum absolute atomic E-state index is 0.503. The van der Waals surface area contributed by atoms with Crippen LogP contribution in [0.5, 0.6) is 0 Å². The molecule has 0 aliphatic rings. The van der Waals surface area contributed by atoms with Crippen LogP contribution in [0.25, 0.3) is 0 Å². The second-order valence-electron chi connectivity index (χ2n) is 3.39. The van der Waals surface area contributed by atoms with Crippen LogP contribution >= 0.6 is 11.8 Å². The van der Waals surface area contributed by atoms with Crippen LogP contribution < -0.4 is 5.32 Å². The molecule has 0 aromatic heterocycles. The zero-order chi connectivity index (χ0) is 9.68. The maximum Gasteiger partial charge on any atom is 0.0383 e. The maximum atomic E-state index is 3.44. The number of rotatable bonds is 4. The lowest BCUT2D eigenvalue weighted by atomic mass is 10.2. The lowest BCUT2D eigenvalue weighted by Crippen LogP contribution is -2.11. The summed E-state index contributed by atoms with van der Waals surface area (Å²) in [5.41, 5.74) is 2.66. The molecule has 0 radical (unpaired) electrons. The Morgan fingerprint density at radius 3 is 2.62 bits per heavy atom. The van der Waals surface area contributed by atoms with E-state index in [9.17, 15) is 0 Å². The third-order valence-corrected chi connectivity index (χ3v) is 2.36. The van der Waals surface area contributed by atoms with Gasteiger partial charge in [-0.3, -0.25) is 0 Å². The smallest absolute Gasteiger partial charge is 0.0383 e. The molecule has 1 nitrogen and oxygen atoms in total. The fourth-order valence-corrected chi connectivity index (χ4v) is 1.82. The van der Waals surface area contributed by atoms with Gasteiger partial charge >= 0.3 is 0 Å². The topological polar surface area (TPSA) is 12.0 Å². The van der Waals surface area contributed by atoms with Crippen LogP contribution in [0.15, 0.2) is 24.3 Å². The highest BCUT2D eigenvalue weighted by Gasteiger charge is 2.01. The lowest BCUT2D eigenvalue weighted by Gasteiger charge is -2.13. The van der Waals surface area contributed by atoms with Crippen molar-refractivity contribution in [3.8, 4) is 0 Å². The van der Waals surface area contributed by atoms with Gasteiger partial charge in [-0.25, -0.2) is 0 Å². The summed E-state index contributed by atoms with van der Waals surface area (Å²) >= 11 is 1.86. The average Bonchev–Trinajstić information content (AvgIpc) is 2.08. The van der Waals surface area contributed by atoms with Crippen LogP contribution in [0.3, 0.4) is 0 Å². The van der Waals surface area contributed by atoms with Crippen molar-refractivity contribution in [2.24, 2.45) is 0 Å². The Hall–Kier alpha value is -0.630. The van der Waals surface area contributed by atoms with Crippen molar-refractivity contribution in [3.63, 3.8) is 0 Å². The largest absolute Gasteiger partial charge is 0.383 e. The zero-order valence-corrected chi connectivity index (χ0v) is 9.32. The molecule has 0 heterocycles. The fraction of sp³-hybridized carbons (Fsp3) is 0.455. The molecular formula is C11H17NS. The fourth-order valence-electron chi connectivity index (χ4n) is 1.25. The van der Waals surface area contributed by atoms with Crippen LogP contribution in [0.1, 0.15) is 19.4 Å². The van der Waals surface area contributed by atoms with Crippen LogP contribution in [0.2, 0.25) is 0 Å². The molecule has 0 atom stereocenters. The van der Waals surface area contributed by atoms with Gasteiger partial charge in [0.1, 0.15) is 0 Å². The molecule has 0 bridgehead atoms. The Morgan fingerprint density at radius 1 is 1.31 bits per heavy atom. The van der Waals surface area contributed by atoms with E-state index in [-0.39, 0.29) is 0 Å². The summed E-state index contributed by atoms with van der Waals surface area (Å²) in [6, 6.07) is 9.00. The second kappa shape index (κ2) is 5.18. The Kier molecular flexibility index (Phi) is 4.16. The first-order valence-electron chi connectivity index (χ1n) is 4.57. The highest BCUT2D eigenvalue weighted by Crippen LogP contribution is 2.20. The highest BCUT2D eigenvalue weighted by atomic mass is 32.2. The Labute approximate surface area is 84.9 Å². The zero-order valence-electron chi connectivity index (χ0n) is 8.50. The van der Waals surface area contributed by atoms with E-state index in [1.54, 1.807) is 0 Å². The van der Waals surface area contributed by atoms with E-state index in [0.717, 1.165) is 5.75 Å². The molecule has 0 aliphatic heterocycles. The number of para-hydroxylation sites is 1. The molecule has 0 amide bonds. The van der Waals surface area contributed by atoms with Gasteiger partial charge in [-0.05, 0) is 31.7 Å². The first-order valence-corrected chi connectivity index (χ1v) is 5.97. The van der Waals surface area contributed by atoms with E-state index in [4.69, 9.17) is 0 Å². The third kappa shape index (κ3) is 3.31. The summed E-state index contributed by atoms with van der Waals surface area (Å²) in [7, 11) is 0. The Morgan fingerprint density at radius 2 is 2.00 bits per heavy atom. The predicted molar refractivity (Wildman–Crippen MR) is 62.4 cm³/mol. The molecule has 1 N–H and O–H groups in total. The summed E-state index contributed by atoms with van der Waals surface area (Å²) in [5.74, 6) is 1.08. The quantitative estimate of drug-likeness (QED) is 0.790. The molecule has 0 fully saturated rings. The lowest BCUT2D eigenvalue weighted by molar-refractivity contribution is 0.897. The number of hydrogen-bond acceptors (Lipinski definition) is 2. The van der Waals surface area contributed by atoms with Crippen molar-refractivity contribution in [1.29, 1.82) is 0 Å². The van der Waals surface area contributed by atoms with Crippen molar-refractivity contribution in [1.82, 2.24) is 0 Å². The number of benzene rings is 1. The maximum absolute atomic E-state index is 3.44. The molecule has 72 valence electrons. The average molecular weight is 195 g/mol. The molecule has 1 aromatic rings. The normalized spacial score (nSPS) is 10.5. The monoisotopic (exact) mass is 195 g/mol. The van der Waals surface area contributed by atoms with Crippen LogP contribution in [0.4, 0.5) is 5.69 Å². The van der Waals surface area contributed by atoms with Gasteiger partial charge in [0.05, 0.1) is 0 Å². The second-order valence-corrected chi connectivity index (χ2v) is 4.26. The Balaban J connectivity index is 2.78. The van der Waals surface area contributed by atoms with Gasteiger partial charge < -0.3 is 5.32 Å². The van der Waals surface area contributed by atoms with Crippen molar-refractivity contribution in [3.05, 3.63) is 29.8 Å². The first kappa shape index (κ1) is 10.5. The van der Waals surface area contributed by atoms with Gasteiger partial charge in [0.2, 0.25) is 0 Å². The van der Waals surface area contributed by atoms with E-state index in [0.29, 0.717) is 6.04 Å². The van der Waals surface area contributed by atoms with E-state index in [2.05, 4.69) is 49.7 Å². The molecule has 0 aliphatic carbocycles. The van der Waals surface area contributed by atoms with Gasteiger partial charge in [0, 0.05) is 17.5 Å². The van der Waals surface area contributed by atoms with Crippen LogP contribution in [-0.2, 0) is 5.75 Å². The molecule has 2 heteroatoms. The number of anilines is 1. The summed E-state index contributed by atoms with van der Waals surface area (Å²) in [6.07, 6.45) is 2.13. The number of thioether (sulfide) groups is 1. The molecule has 0 unspecified atom stereocenters. The number of nitrogens with one attached hydrogen (secondary N) is 1. The SMILES string of the molecule is CSCc1ccccc1NC(C)C. The standard InChI is InChI=1S/C11H17NS/c1-9(2)12-11-7-5-4-6-10(11)8-13-3/h4-7,9,12H,8H2,1-3H3. The molecule has 13 heavy (non-hydrogen) atoms. The summed E-state index contributed by atoms with van der Waals surface area (Å²) in [6.45, 7) is 4.33. The van der Waals surface area contributed by atoms with Crippen molar-refractivity contribution in [2.75, 3.05) is 11.6 Å². The van der Waals surface area contributed by atoms with Gasteiger partial charge in [-0.15, -0.1) is 0 Å². The summed E-state index contributed by atoms with van der Waals surface area (Å²) < 4.78 is 0. The van der Waals surface area contributed by atoms with E-state index in [1.807, 2.05) is 11.8 Å². The van der Waals surface area contributed by atoms with Crippen molar-refractivity contribution in [2.45, 2.75) is 25.6 Å². The minimum atomic E-state index is 0.503. The number of hydrogen-bond donors (Lipinski definition) is 1. The highest BCUT2D eigenvalue weighted by molar-refractivity contribution is 7.97. The molecule has 1 rings (SSSR count). The van der Waals surface area contributed by atoms with E-state index < -0.39 is 0 Å². The molecule has 0 saturated carbocycles. The summed E-state index contributed by atoms with van der Waals surface area (Å²) in [4.78, 5) is 0. The van der Waals surface area contributed by atoms with Crippen molar-refractivity contribution >= 4 is 17.4 Å². The van der Waals surface area contributed by atoms with Gasteiger partial charge in [-0.2, -0.15) is 11.8 Å². The Bertz CT molecular complexity index is 258.